The second kappa shape index (κ2) is 7.01. The molecule has 1 aromatic rings. The Kier molecular flexibility index (Phi) is 5.32. The van der Waals surface area contributed by atoms with E-state index in [-0.39, 0.29) is 0 Å². The maximum atomic E-state index is 5.68. The highest BCUT2D eigenvalue weighted by molar-refractivity contribution is 7.99. The first-order valence-electron chi connectivity index (χ1n) is 6.42. The van der Waals surface area contributed by atoms with E-state index in [4.69, 9.17) is 4.42 Å². The molecule has 0 saturated carbocycles. The Labute approximate surface area is 107 Å². The number of nitrogens with one attached hydrogen (secondary N) is 1. The average Bonchev–Trinajstić information content (AvgIpc) is 2.79. The van der Waals surface area contributed by atoms with E-state index < -0.39 is 0 Å². The van der Waals surface area contributed by atoms with E-state index in [1.54, 1.807) is 0 Å². The van der Waals surface area contributed by atoms with Gasteiger partial charge in [-0.3, -0.25) is 0 Å². The van der Waals surface area contributed by atoms with Gasteiger partial charge in [-0.1, -0.05) is 0 Å². The van der Waals surface area contributed by atoms with E-state index in [0.717, 1.165) is 43.5 Å². The fraction of sp³-hybridized carbons (Fsp3) is 0.833. The number of hydrogen-bond donors (Lipinski definition) is 1. The van der Waals surface area contributed by atoms with Crippen LogP contribution in [0.5, 0.6) is 0 Å². The predicted molar refractivity (Wildman–Crippen MR) is 70.3 cm³/mol. The highest BCUT2D eigenvalue weighted by Crippen LogP contribution is 2.25. The van der Waals surface area contributed by atoms with Crippen LogP contribution in [0, 0.1) is 5.92 Å². The summed E-state index contributed by atoms with van der Waals surface area (Å²) in [7, 11) is 1.96. The Morgan fingerprint density at radius 1 is 1.29 bits per heavy atom. The third-order valence-electron chi connectivity index (χ3n) is 3.13. The van der Waals surface area contributed by atoms with Crippen molar-refractivity contribution in [2.45, 2.75) is 32.1 Å². The van der Waals surface area contributed by atoms with Crippen LogP contribution in [0.4, 0.5) is 0 Å². The highest BCUT2D eigenvalue weighted by atomic mass is 32.2. The summed E-state index contributed by atoms with van der Waals surface area (Å²) in [5.74, 6) is 4.95. The lowest BCUT2D eigenvalue weighted by Crippen LogP contribution is -2.12. The molecule has 0 spiro atoms. The van der Waals surface area contributed by atoms with Gasteiger partial charge in [0.05, 0.1) is 0 Å². The van der Waals surface area contributed by atoms with Gasteiger partial charge in [0.1, 0.15) is 0 Å². The molecule has 1 fully saturated rings. The second-order valence-electron chi connectivity index (χ2n) is 4.56. The minimum atomic E-state index is 0.752. The lowest BCUT2D eigenvalue weighted by Gasteiger charge is -2.19. The molecule has 4 nitrogen and oxygen atoms in total. The standard InChI is InChI=1S/C12H21N3OS/c1-13-6-2-3-11-14-15-12(16-11)9-10-4-7-17-8-5-10/h10,13H,2-9H2,1H3. The molecule has 1 N–H and O–H groups in total. The summed E-state index contributed by atoms with van der Waals surface area (Å²) in [6.07, 6.45) is 5.50. The largest absolute Gasteiger partial charge is 0.425 e. The first-order chi connectivity index (χ1) is 8.38. The number of thioether (sulfide) groups is 1. The number of hydrogen-bond acceptors (Lipinski definition) is 5. The quantitative estimate of drug-likeness (QED) is 0.787. The van der Waals surface area contributed by atoms with Crippen molar-refractivity contribution < 1.29 is 4.42 Å². The molecule has 0 amide bonds. The molecule has 0 unspecified atom stereocenters. The van der Waals surface area contributed by atoms with Crippen LogP contribution in [0.25, 0.3) is 0 Å². The maximum absolute atomic E-state index is 5.68. The van der Waals surface area contributed by atoms with Crippen LogP contribution < -0.4 is 5.32 Å². The van der Waals surface area contributed by atoms with Crippen LogP contribution in [-0.4, -0.2) is 35.3 Å². The van der Waals surface area contributed by atoms with Crippen molar-refractivity contribution in [3.63, 3.8) is 0 Å². The van der Waals surface area contributed by atoms with E-state index in [1.807, 2.05) is 7.05 Å². The molecule has 17 heavy (non-hydrogen) atoms. The van der Waals surface area contributed by atoms with Gasteiger partial charge in [0.25, 0.3) is 0 Å². The first kappa shape index (κ1) is 12.9. The number of aromatic nitrogens is 2. The second-order valence-corrected chi connectivity index (χ2v) is 5.78. The Morgan fingerprint density at radius 3 is 2.82 bits per heavy atom. The molecule has 0 bridgehead atoms. The van der Waals surface area contributed by atoms with E-state index in [0.29, 0.717) is 0 Å². The average molecular weight is 255 g/mol. The van der Waals surface area contributed by atoms with Crippen LogP contribution >= 0.6 is 11.8 Å². The van der Waals surface area contributed by atoms with Crippen molar-refractivity contribution in [2.24, 2.45) is 5.92 Å². The van der Waals surface area contributed by atoms with Crippen molar-refractivity contribution in [3.8, 4) is 0 Å². The lowest BCUT2D eigenvalue weighted by molar-refractivity contribution is 0.389. The lowest BCUT2D eigenvalue weighted by atomic mass is 9.99. The van der Waals surface area contributed by atoms with Gasteiger partial charge in [0.2, 0.25) is 11.8 Å². The van der Waals surface area contributed by atoms with Crippen LogP contribution in [0.15, 0.2) is 4.42 Å². The van der Waals surface area contributed by atoms with E-state index >= 15 is 0 Å². The van der Waals surface area contributed by atoms with Crippen LogP contribution in [0.1, 0.15) is 31.0 Å². The predicted octanol–water partition coefficient (Wildman–Crippen LogP) is 1.91. The van der Waals surface area contributed by atoms with Gasteiger partial charge in [-0.25, -0.2) is 0 Å². The van der Waals surface area contributed by atoms with Gasteiger partial charge in [0, 0.05) is 12.8 Å². The molecule has 0 radical (unpaired) electrons. The summed E-state index contributed by atoms with van der Waals surface area (Å²) < 4.78 is 5.68. The first-order valence-corrected chi connectivity index (χ1v) is 7.57. The Bertz CT molecular complexity index is 323. The van der Waals surface area contributed by atoms with Crippen molar-refractivity contribution >= 4 is 11.8 Å². The summed E-state index contributed by atoms with van der Waals surface area (Å²) in [4.78, 5) is 0. The zero-order valence-corrected chi connectivity index (χ0v) is 11.3. The summed E-state index contributed by atoms with van der Waals surface area (Å²) in [5, 5.41) is 11.4. The molecule has 1 saturated heterocycles. The number of aryl methyl sites for hydroxylation is 1. The SMILES string of the molecule is CNCCCc1nnc(CC2CCSCC2)o1. The fourth-order valence-electron chi connectivity index (χ4n) is 2.09. The third-order valence-corrected chi connectivity index (χ3v) is 4.18. The van der Waals surface area contributed by atoms with E-state index in [9.17, 15) is 0 Å². The molecular formula is C12H21N3OS. The van der Waals surface area contributed by atoms with Gasteiger partial charge in [-0.15, -0.1) is 10.2 Å². The van der Waals surface area contributed by atoms with Crippen LogP contribution in [0.3, 0.4) is 0 Å². The van der Waals surface area contributed by atoms with Crippen molar-refractivity contribution in [2.75, 3.05) is 25.1 Å². The molecule has 0 aliphatic carbocycles. The molecular weight excluding hydrogens is 234 g/mol. The summed E-state index contributed by atoms with van der Waals surface area (Å²) in [5.41, 5.74) is 0. The van der Waals surface area contributed by atoms with Crippen LogP contribution in [-0.2, 0) is 12.8 Å². The Balaban J connectivity index is 1.76. The fourth-order valence-corrected chi connectivity index (χ4v) is 3.29. The molecule has 5 heteroatoms. The minimum Gasteiger partial charge on any atom is -0.425 e. The molecule has 2 heterocycles. The molecule has 2 rings (SSSR count). The monoisotopic (exact) mass is 255 g/mol. The Hall–Kier alpha value is -0.550. The molecule has 1 aromatic heterocycles. The molecule has 1 aliphatic rings. The zero-order valence-electron chi connectivity index (χ0n) is 10.4. The van der Waals surface area contributed by atoms with Crippen molar-refractivity contribution in [1.82, 2.24) is 15.5 Å². The summed E-state index contributed by atoms with van der Waals surface area (Å²) in [6, 6.07) is 0. The Morgan fingerprint density at radius 2 is 2.06 bits per heavy atom. The van der Waals surface area contributed by atoms with Gasteiger partial charge < -0.3 is 9.73 Å². The summed E-state index contributed by atoms with van der Waals surface area (Å²) in [6.45, 7) is 0.998. The van der Waals surface area contributed by atoms with Gasteiger partial charge in [-0.05, 0) is 50.3 Å². The van der Waals surface area contributed by atoms with Gasteiger partial charge in [0.15, 0.2) is 0 Å². The molecule has 0 atom stereocenters. The van der Waals surface area contributed by atoms with Crippen molar-refractivity contribution in [1.29, 1.82) is 0 Å². The zero-order chi connectivity index (χ0) is 11.9. The smallest absolute Gasteiger partial charge is 0.216 e. The highest BCUT2D eigenvalue weighted by Gasteiger charge is 2.17. The topological polar surface area (TPSA) is 51.0 Å². The van der Waals surface area contributed by atoms with E-state index in [1.165, 1.54) is 24.3 Å². The van der Waals surface area contributed by atoms with Gasteiger partial charge >= 0.3 is 0 Å². The molecule has 96 valence electrons. The minimum absolute atomic E-state index is 0.752. The normalized spacial score (nSPS) is 17.5. The van der Waals surface area contributed by atoms with E-state index in [2.05, 4.69) is 27.3 Å². The van der Waals surface area contributed by atoms with Gasteiger partial charge in [-0.2, -0.15) is 11.8 Å². The summed E-state index contributed by atoms with van der Waals surface area (Å²) >= 11 is 2.05. The van der Waals surface area contributed by atoms with Crippen molar-refractivity contribution in [3.05, 3.63) is 11.8 Å². The molecule has 1 aliphatic heterocycles. The maximum Gasteiger partial charge on any atom is 0.216 e. The van der Waals surface area contributed by atoms with Crippen LogP contribution in [0.2, 0.25) is 0 Å². The molecule has 0 aromatic carbocycles. The number of nitrogens with zero attached hydrogens (tertiary/aromatic N) is 2. The third kappa shape index (κ3) is 4.32. The number of rotatable bonds is 6.